The average Bonchev–Trinajstić information content (AvgIpc) is 3.05. The van der Waals surface area contributed by atoms with Crippen LogP contribution in [-0.2, 0) is 4.74 Å². The third-order valence-electron chi connectivity index (χ3n) is 4.08. The van der Waals surface area contributed by atoms with Crippen LogP contribution in [-0.4, -0.2) is 41.6 Å². The van der Waals surface area contributed by atoms with Gasteiger partial charge in [0.1, 0.15) is 18.5 Å². The Kier molecular flexibility index (Phi) is 5.17. The molecular formula is C17H16F3N3O4. The van der Waals surface area contributed by atoms with Gasteiger partial charge < -0.3 is 14.4 Å². The number of ether oxygens (including phenoxy) is 2. The Morgan fingerprint density at radius 1 is 1.33 bits per heavy atom. The van der Waals surface area contributed by atoms with Crippen molar-refractivity contribution in [3.63, 3.8) is 0 Å². The van der Waals surface area contributed by atoms with E-state index in [1.807, 2.05) is 0 Å². The molecule has 1 fully saturated rings. The van der Waals surface area contributed by atoms with Gasteiger partial charge in [0.25, 0.3) is 5.69 Å². The molecule has 1 aliphatic rings. The summed E-state index contributed by atoms with van der Waals surface area (Å²) in [6.07, 6.45) is -4.57. The summed E-state index contributed by atoms with van der Waals surface area (Å²) in [6.45, 7) is 1.34. The molecule has 0 spiro atoms. The van der Waals surface area contributed by atoms with Crippen molar-refractivity contribution in [2.24, 2.45) is 0 Å². The number of hydrogen-bond donors (Lipinski definition) is 0. The molecule has 0 aliphatic carbocycles. The molecule has 3 rings (SSSR count). The molecule has 2 aromatic rings. The van der Waals surface area contributed by atoms with E-state index in [2.05, 4.69) is 4.98 Å². The Bertz CT molecular complexity index is 817. The molecule has 144 valence electrons. The predicted octanol–water partition coefficient (Wildman–Crippen LogP) is 3.47. The van der Waals surface area contributed by atoms with Crippen molar-refractivity contribution in [3.05, 3.63) is 58.4 Å². The first-order chi connectivity index (χ1) is 12.8. The van der Waals surface area contributed by atoms with Crippen molar-refractivity contribution in [2.45, 2.75) is 25.4 Å². The van der Waals surface area contributed by atoms with Crippen LogP contribution in [0.5, 0.6) is 5.75 Å². The predicted molar refractivity (Wildman–Crippen MR) is 89.6 cm³/mol. The van der Waals surface area contributed by atoms with E-state index >= 15 is 0 Å². The standard InChI is InChI=1S/C17H16F3N3O4/c1-11-8-12(2-3-15(11)23(24)25)22-9-14(27-16(22)17(18,19)20)10-26-13-4-6-21-7-5-13/h2-8,14,16H,9-10H2,1H3/t14-,16+/m0/s1. The molecule has 0 N–H and O–H groups in total. The second kappa shape index (κ2) is 7.39. The minimum absolute atomic E-state index is 0.0630. The Labute approximate surface area is 152 Å². The van der Waals surface area contributed by atoms with Gasteiger partial charge in [0.15, 0.2) is 0 Å². The van der Waals surface area contributed by atoms with Gasteiger partial charge in [-0.1, -0.05) is 0 Å². The van der Waals surface area contributed by atoms with Gasteiger partial charge in [0, 0.05) is 29.7 Å². The van der Waals surface area contributed by atoms with E-state index in [1.165, 1.54) is 37.5 Å². The maximum absolute atomic E-state index is 13.4. The quantitative estimate of drug-likeness (QED) is 0.581. The molecule has 7 nitrogen and oxygen atoms in total. The fraction of sp³-hybridized carbons (Fsp3) is 0.353. The summed E-state index contributed by atoms with van der Waals surface area (Å²) >= 11 is 0. The molecule has 0 amide bonds. The Morgan fingerprint density at radius 3 is 2.63 bits per heavy atom. The molecule has 0 radical (unpaired) electrons. The number of halogens is 3. The number of aryl methyl sites for hydroxylation is 1. The molecule has 0 saturated carbocycles. The summed E-state index contributed by atoms with van der Waals surface area (Å²) in [5.41, 5.74) is 0.321. The van der Waals surface area contributed by atoms with Gasteiger partial charge in [-0.2, -0.15) is 13.2 Å². The van der Waals surface area contributed by atoms with Crippen LogP contribution >= 0.6 is 0 Å². The molecule has 1 saturated heterocycles. The van der Waals surface area contributed by atoms with Crippen LogP contribution in [0.25, 0.3) is 0 Å². The Balaban J connectivity index is 1.78. The number of anilines is 1. The number of aromatic nitrogens is 1. The lowest BCUT2D eigenvalue weighted by molar-refractivity contribution is -0.385. The highest BCUT2D eigenvalue weighted by molar-refractivity contribution is 5.56. The normalized spacial score (nSPS) is 19.9. The topological polar surface area (TPSA) is 77.7 Å². The van der Waals surface area contributed by atoms with E-state index in [4.69, 9.17) is 9.47 Å². The van der Waals surface area contributed by atoms with Gasteiger partial charge in [-0.05, 0) is 31.2 Å². The molecule has 0 bridgehead atoms. The summed E-state index contributed by atoms with van der Waals surface area (Å²) in [5.74, 6) is 0.474. The Morgan fingerprint density at radius 2 is 2.04 bits per heavy atom. The molecule has 1 aromatic carbocycles. The SMILES string of the molecule is Cc1cc(N2C[C@@H](COc3ccncc3)O[C@@H]2C(F)(F)F)ccc1[N+](=O)[O-]. The van der Waals surface area contributed by atoms with E-state index < -0.39 is 23.4 Å². The number of nitro groups is 1. The third kappa shape index (κ3) is 4.27. The van der Waals surface area contributed by atoms with E-state index in [1.54, 1.807) is 12.1 Å². The number of benzene rings is 1. The molecule has 10 heteroatoms. The van der Waals surface area contributed by atoms with Crippen molar-refractivity contribution in [1.29, 1.82) is 0 Å². The fourth-order valence-electron chi connectivity index (χ4n) is 2.85. The first kappa shape index (κ1) is 18.9. The lowest BCUT2D eigenvalue weighted by atomic mass is 10.1. The highest BCUT2D eigenvalue weighted by Crippen LogP contribution is 2.36. The fourth-order valence-corrected chi connectivity index (χ4v) is 2.85. The van der Waals surface area contributed by atoms with Crippen LogP contribution in [0, 0.1) is 17.0 Å². The first-order valence-corrected chi connectivity index (χ1v) is 8.02. The van der Waals surface area contributed by atoms with Crippen molar-refractivity contribution >= 4 is 11.4 Å². The largest absolute Gasteiger partial charge is 0.491 e. The van der Waals surface area contributed by atoms with Gasteiger partial charge in [-0.25, -0.2) is 0 Å². The highest BCUT2D eigenvalue weighted by atomic mass is 19.4. The number of alkyl halides is 3. The van der Waals surface area contributed by atoms with Crippen LogP contribution in [0.4, 0.5) is 24.5 Å². The maximum atomic E-state index is 13.4. The van der Waals surface area contributed by atoms with Gasteiger partial charge in [-0.15, -0.1) is 0 Å². The van der Waals surface area contributed by atoms with Gasteiger partial charge in [-0.3, -0.25) is 15.1 Å². The zero-order valence-corrected chi connectivity index (χ0v) is 14.2. The molecule has 1 aromatic heterocycles. The van der Waals surface area contributed by atoms with Crippen molar-refractivity contribution in [2.75, 3.05) is 18.1 Å². The lowest BCUT2D eigenvalue weighted by Gasteiger charge is -2.26. The summed E-state index contributed by atoms with van der Waals surface area (Å²) < 4.78 is 50.9. The third-order valence-corrected chi connectivity index (χ3v) is 4.08. The summed E-state index contributed by atoms with van der Waals surface area (Å²) in [7, 11) is 0. The smallest absolute Gasteiger partial charge is 0.433 e. The van der Waals surface area contributed by atoms with Crippen molar-refractivity contribution in [3.8, 4) is 5.75 Å². The van der Waals surface area contributed by atoms with Gasteiger partial charge >= 0.3 is 6.18 Å². The monoisotopic (exact) mass is 383 g/mol. The van der Waals surface area contributed by atoms with E-state index in [-0.39, 0.29) is 30.1 Å². The van der Waals surface area contributed by atoms with Crippen LogP contribution in [0.2, 0.25) is 0 Å². The number of hydrogen-bond acceptors (Lipinski definition) is 6. The number of rotatable bonds is 5. The number of pyridine rings is 1. The second-order valence-corrected chi connectivity index (χ2v) is 6.03. The summed E-state index contributed by atoms with van der Waals surface area (Å²) in [5, 5.41) is 10.9. The zero-order chi connectivity index (χ0) is 19.6. The van der Waals surface area contributed by atoms with Crippen LogP contribution in [0.1, 0.15) is 5.56 Å². The van der Waals surface area contributed by atoms with Gasteiger partial charge in [0.05, 0.1) is 11.5 Å². The summed E-state index contributed by atoms with van der Waals surface area (Å²) in [6, 6.07) is 7.02. The zero-order valence-electron chi connectivity index (χ0n) is 14.2. The minimum Gasteiger partial charge on any atom is -0.491 e. The summed E-state index contributed by atoms with van der Waals surface area (Å²) in [4.78, 5) is 15.2. The number of nitrogens with zero attached hydrogens (tertiary/aromatic N) is 3. The van der Waals surface area contributed by atoms with Crippen LogP contribution in [0.3, 0.4) is 0 Å². The van der Waals surface area contributed by atoms with E-state index in [9.17, 15) is 23.3 Å². The highest BCUT2D eigenvalue weighted by Gasteiger charge is 2.51. The van der Waals surface area contributed by atoms with E-state index in [0.717, 1.165) is 4.90 Å². The molecule has 2 atom stereocenters. The minimum atomic E-state index is -4.62. The van der Waals surface area contributed by atoms with Crippen molar-refractivity contribution in [1.82, 2.24) is 4.98 Å². The van der Waals surface area contributed by atoms with E-state index in [0.29, 0.717) is 5.75 Å². The molecule has 27 heavy (non-hydrogen) atoms. The van der Waals surface area contributed by atoms with Gasteiger partial charge in [0.2, 0.25) is 6.23 Å². The first-order valence-electron chi connectivity index (χ1n) is 8.02. The molecule has 2 heterocycles. The Hall–Kier alpha value is -2.88. The molecule has 0 unspecified atom stereocenters. The molecule has 1 aliphatic heterocycles. The second-order valence-electron chi connectivity index (χ2n) is 6.03. The lowest BCUT2D eigenvalue weighted by Crippen LogP contribution is -2.42. The average molecular weight is 383 g/mol. The van der Waals surface area contributed by atoms with Crippen molar-refractivity contribution < 1.29 is 27.6 Å². The molecular weight excluding hydrogens is 367 g/mol. The maximum Gasteiger partial charge on any atom is 0.433 e. The van der Waals surface area contributed by atoms with Crippen LogP contribution in [0.15, 0.2) is 42.7 Å². The number of nitro benzene ring substituents is 1. The van der Waals surface area contributed by atoms with Crippen LogP contribution < -0.4 is 9.64 Å².